The maximum Gasteiger partial charge on any atom is 0.144 e. The van der Waals surface area contributed by atoms with E-state index in [1.165, 1.54) is 0 Å². The molecule has 108 valence electrons. The Kier molecular flexibility index (Phi) is 3.44. The predicted molar refractivity (Wildman–Crippen MR) is 79.7 cm³/mol. The summed E-state index contributed by atoms with van der Waals surface area (Å²) in [4.78, 5) is 0. The van der Waals surface area contributed by atoms with E-state index < -0.39 is 0 Å². The molecule has 0 radical (unpaired) electrons. The Labute approximate surface area is 124 Å². The second kappa shape index (κ2) is 5.27. The Morgan fingerprint density at radius 1 is 1.38 bits per heavy atom. The fraction of sp³-hybridized carbons (Fsp3) is 0.353. The summed E-state index contributed by atoms with van der Waals surface area (Å²) in [5, 5.41) is 19.2. The fourth-order valence-electron chi connectivity index (χ4n) is 3.15. The van der Waals surface area contributed by atoms with Gasteiger partial charge in [-0.05, 0) is 44.4 Å². The van der Waals surface area contributed by atoms with Crippen LogP contribution in [0.15, 0.2) is 24.3 Å². The number of aliphatic hydroxyl groups excluding tert-OH is 1. The van der Waals surface area contributed by atoms with E-state index in [-0.39, 0.29) is 6.10 Å². The summed E-state index contributed by atoms with van der Waals surface area (Å²) in [5.74, 6) is 0.676. The second-order valence-corrected chi connectivity index (χ2v) is 5.43. The zero-order chi connectivity index (χ0) is 15.0. The third-order valence-corrected chi connectivity index (χ3v) is 4.12. The van der Waals surface area contributed by atoms with Crippen molar-refractivity contribution in [2.75, 3.05) is 7.11 Å². The average molecular weight is 282 g/mol. The molecule has 1 heterocycles. The first-order chi connectivity index (χ1) is 10.2. The van der Waals surface area contributed by atoms with Crippen LogP contribution in [-0.4, -0.2) is 16.8 Å². The molecule has 0 bridgehead atoms. The topological polar surface area (TPSA) is 58.2 Å². The van der Waals surface area contributed by atoms with Crippen LogP contribution in [0.5, 0.6) is 5.75 Å². The van der Waals surface area contributed by atoms with Gasteiger partial charge in [0.15, 0.2) is 0 Å². The first-order valence-corrected chi connectivity index (χ1v) is 7.13. The molecule has 1 aromatic heterocycles. The Bertz CT molecular complexity index is 725. The highest BCUT2D eigenvalue weighted by Gasteiger charge is 2.24. The molecule has 0 fully saturated rings. The molecule has 21 heavy (non-hydrogen) atoms. The number of methoxy groups -OCH3 is 1. The van der Waals surface area contributed by atoms with E-state index in [9.17, 15) is 5.11 Å². The number of benzene rings is 1. The van der Waals surface area contributed by atoms with E-state index in [4.69, 9.17) is 10.00 Å². The molecule has 4 heteroatoms. The minimum atomic E-state index is -0.377. The highest BCUT2D eigenvalue weighted by atomic mass is 16.5. The molecule has 0 aliphatic heterocycles. The minimum Gasteiger partial charge on any atom is -0.495 e. The zero-order valence-corrected chi connectivity index (χ0v) is 12.3. The molecule has 1 unspecified atom stereocenters. The number of hydrogen-bond acceptors (Lipinski definition) is 3. The molecule has 2 aromatic rings. The highest BCUT2D eigenvalue weighted by Crippen LogP contribution is 2.36. The van der Waals surface area contributed by atoms with Gasteiger partial charge in [0.1, 0.15) is 5.75 Å². The molecule has 3 rings (SSSR count). The van der Waals surface area contributed by atoms with Gasteiger partial charge in [0.25, 0.3) is 0 Å². The van der Waals surface area contributed by atoms with Crippen molar-refractivity contribution in [2.45, 2.75) is 32.3 Å². The van der Waals surface area contributed by atoms with Crippen LogP contribution >= 0.6 is 0 Å². The number of aryl methyl sites for hydroxylation is 1. The molecule has 0 saturated heterocycles. The lowest BCUT2D eigenvalue weighted by Gasteiger charge is -2.21. The Morgan fingerprint density at radius 2 is 2.19 bits per heavy atom. The molecular weight excluding hydrogens is 264 g/mol. The second-order valence-electron chi connectivity index (χ2n) is 5.43. The number of hydrogen-bond donors (Lipinski definition) is 1. The van der Waals surface area contributed by atoms with Crippen LogP contribution in [0.25, 0.3) is 5.69 Å². The molecule has 1 aliphatic rings. The number of fused-ring (bicyclic) bond motifs is 1. The molecule has 0 spiro atoms. The van der Waals surface area contributed by atoms with Crippen molar-refractivity contribution in [1.29, 1.82) is 5.26 Å². The average Bonchev–Trinajstić information content (AvgIpc) is 2.84. The predicted octanol–water partition coefficient (Wildman–Crippen LogP) is 3.04. The largest absolute Gasteiger partial charge is 0.495 e. The van der Waals surface area contributed by atoms with Gasteiger partial charge in [-0.25, -0.2) is 0 Å². The molecule has 1 atom stereocenters. The maximum atomic E-state index is 10.2. The standard InChI is InChI=1S/C17H18N2O2/c1-11-8-13-14(4-3-5-16(13)20)19(11)15-7-6-12(10-18)9-17(15)21-2/h6-9,16,20H,3-5H2,1-2H3. The van der Waals surface area contributed by atoms with Crippen LogP contribution in [-0.2, 0) is 6.42 Å². The fourth-order valence-corrected chi connectivity index (χ4v) is 3.15. The molecule has 0 amide bonds. The van der Waals surface area contributed by atoms with Crippen LogP contribution in [0.4, 0.5) is 0 Å². The van der Waals surface area contributed by atoms with Crippen molar-refractivity contribution >= 4 is 0 Å². The summed E-state index contributed by atoms with van der Waals surface area (Å²) in [7, 11) is 1.61. The lowest BCUT2D eigenvalue weighted by atomic mass is 9.95. The number of nitrogens with zero attached hydrogens (tertiary/aromatic N) is 2. The summed E-state index contributed by atoms with van der Waals surface area (Å²) in [6.45, 7) is 2.03. The van der Waals surface area contributed by atoms with Crippen LogP contribution in [0.2, 0.25) is 0 Å². The Hall–Kier alpha value is -2.25. The molecule has 1 N–H and O–H groups in total. The highest BCUT2D eigenvalue weighted by molar-refractivity contribution is 5.55. The van der Waals surface area contributed by atoms with Crippen molar-refractivity contribution in [3.8, 4) is 17.5 Å². The quantitative estimate of drug-likeness (QED) is 0.921. The number of ether oxygens (including phenoxy) is 1. The Balaban J connectivity index is 2.20. The van der Waals surface area contributed by atoms with Gasteiger partial charge in [-0.1, -0.05) is 0 Å². The molecule has 1 aromatic carbocycles. The third-order valence-electron chi connectivity index (χ3n) is 4.12. The van der Waals surface area contributed by atoms with Crippen LogP contribution < -0.4 is 4.74 Å². The van der Waals surface area contributed by atoms with Gasteiger partial charge in [0.05, 0.1) is 30.5 Å². The number of aromatic nitrogens is 1. The lowest BCUT2D eigenvalue weighted by Crippen LogP contribution is -2.12. The number of nitriles is 1. The van der Waals surface area contributed by atoms with E-state index in [1.54, 1.807) is 19.2 Å². The van der Waals surface area contributed by atoms with Crippen molar-refractivity contribution in [2.24, 2.45) is 0 Å². The smallest absolute Gasteiger partial charge is 0.144 e. The van der Waals surface area contributed by atoms with Crippen LogP contribution in [0.1, 0.15) is 41.5 Å². The third kappa shape index (κ3) is 2.20. The van der Waals surface area contributed by atoms with Crippen molar-refractivity contribution in [3.05, 3.63) is 46.8 Å². The first kappa shape index (κ1) is 13.7. The molecule has 1 aliphatic carbocycles. The molecule has 0 saturated carbocycles. The molecule has 4 nitrogen and oxygen atoms in total. The van der Waals surface area contributed by atoms with E-state index >= 15 is 0 Å². The monoisotopic (exact) mass is 282 g/mol. The summed E-state index contributed by atoms with van der Waals surface area (Å²) in [5.41, 5.74) is 4.74. The van der Waals surface area contributed by atoms with Gasteiger partial charge in [-0.3, -0.25) is 0 Å². The zero-order valence-electron chi connectivity index (χ0n) is 12.3. The van der Waals surface area contributed by atoms with Crippen molar-refractivity contribution in [1.82, 2.24) is 4.57 Å². The van der Waals surface area contributed by atoms with Crippen molar-refractivity contribution < 1.29 is 9.84 Å². The van der Waals surface area contributed by atoms with Gasteiger partial charge in [-0.2, -0.15) is 5.26 Å². The van der Waals surface area contributed by atoms with E-state index in [1.807, 2.05) is 13.0 Å². The normalized spacial score (nSPS) is 17.1. The summed E-state index contributed by atoms with van der Waals surface area (Å²) < 4.78 is 7.59. The van der Waals surface area contributed by atoms with Gasteiger partial charge in [-0.15, -0.1) is 0 Å². The van der Waals surface area contributed by atoms with Gasteiger partial charge in [0, 0.05) is 23.0 Å². The SMILES string of the molecule is COc1cc(C#N)ccc1-n1c(C)cc2c1CCCC2O. The Morgan fingerprint density at radius 3 is 2.90 bits per heavy atom. The van der Waals surface area contributed by atoms with Crippen LogP contribution in [0, 0.1) is 18.3 Å². The van der Waals surface area contributed by atoms with Gasteiger partial charge in [0.2, 0.25) is 0 Å². The van der Waals surface area contributed by atoms with E-state index in [0.717, 1.165) is 41.9 Å². The summed E-state index contributed by atoms with van der Waals surface area (Å²) >= 11 is 0. The van der Waals surface area contributed by atoms with Gasteiger partial charge >= 0.3 is 0 Å². The summed E-state index contributed by atoms with van der Waals surface area (Å²) in [6, 6.07) is 9.63. The first-order valence-electron chi connectivity index (χ1n) is 7.13. The molecular formula is C17H18N2O2. The van der Waals surface area contributed by atoms with E-state index in [0.29, 0.717) is 11.3 Å². The summed E-state index contributed by atoms with van der Waals surface area (Å²) in [6.07, 6.45) is 2.37. The van der Waals surface area contributed by atoms with E-state index in [2.05, 4.69) is 16.7 Å². The van der Waals surface area contributed by atoms with Crippen LogP contribution in [0.3, 0.4) is 0 Å². The number of aliphatic hydroxyl groups is 1. The maximum absolute atomic E-state index is 10.2. The minimum absolute atomic E-state index is 0.377. The van der Waals surface area contributed by atoms with Gasteiger partial charge < -0.3 is 14.4 Å². The van der Waals surface area contributed by atoms with Crippen molar-refractivity contribution in [3.63, 3.8) is 0 Å². The number of rotatable bonds is 2. The lowest BCUT2D eigenvalue weighted by molar-refractivity contribution is 0.156.